The monoisotopic (exact) mass is 1120 g/mol. The van der Waals surface area contributed by atoms with Gasteiger partial charge in [0.2, 0.25) is 0 Å². The second kappa shape index (κ2) is 17.0. The Kier molecular flexibility index (Phi) is 10.5. The first-order valence-corrected chi connectivity index (χ1v) is 30.5. The molecule has 10 aromatic rings. The number of Topliss-reactive ketones (excluding diaryl/α,β-unsaturated/α-hetero) is 2. The number of hydrogen-bond acceptors (Lipinski definition) is 14. The van der Waals surface area contributed by atoms with E-state index in [0.29, 0.717) is 44.5 Å². The summed E-state index contributed by atoms with van der Waals surface area (Å²) in [6, 6.07) is 45.3. The van der Waals surface area contributed by atoms with E-state index in [1.165, 1.54) is 69.3 Å². The topological polar surface area (TPSA) is 129 Å². The molecule has 8 aromatic heterocycles. The molecule has 8 heterocycles. The molecule has 0 N–H and O–H groups in total. The first-order chi connectivity index (χ1) is 36.9. The molecule has 0 fully saturated rings. The van der Waals surface area contributed by atoms with Crippen molar-refractivity contribution in [2.24, 2.45) is 0 Å². The maximum Gasteiger partial charge on any atom is 0.194 e. The Labute approximate surface area is 468 Å². The van der Waals surface area contributed by atoms with Crippen LogP contribution in [0, 0.1) is 73.0 Å². The Morgan fingerprint density at radius 2 is 0.750 bits per heavy atom. The Morgan fingerprint density at radius 3 is 1.05 bits per heavy atom. The average molecular weight is 1120 g/mol. The van der Waals surface area contributed by atoms with Crippen LogP contribution >= 0.6 is 90.7 Å². The molecule has 0 aliphatic heterocycles. The number of allylic oxidation sites excluding steroid dienone is 6. The molecule has 0 saturated heterocycles. The Morgan fingerprint density at radius 1 is 0.421 bits per heavy atom. The van der Waals surface area contributed by atoms with Crippen molar-refractivity contribution < 1.29 is 9.59 Å². The van der Waals surface area contributed by atoms with Gasteiger partial charge in [0.15, 0.2) is 11.6 Å². The molecule has 2 aromatic carbocycles. The minimum atomic E-state index is -0.715. The summed E-state index contributed by atoms with van der Waals surface area (Å²) in [6.07, 6.45) is 3.80. The minimum Gasteiger partial charge on any atom is -0.289 e. The molecule has 6 nitrogen and oxygen atoms in total. The number of carbonyl (C=O) groups excluding carboxylic acids is 2. The van der Waals surface area contributed by atoms with Gasteiger partial charge in [0.25, 0.3) is 0 Å². The highest BCUT2D eigenvalue weighted by atomic mass is 32.1. The zero-order valence-electron chi connectivity index (χ0n) is 40.4. The molecule has 0 atom stereocenters. The number of rotatable bonds is 6. The molecule has 0 unspecified atom stereocenters. The molecular weight excluding hydrogens is 1090 g/mol. The van der Waals surface area contributed by atoms with Gasteiger partial charge >= 0.3 is 0 Å². The summed E-state index contributed by atoms with van der Waals surface area (Å²) in [6.45, 7) is 8.64. The molecule has 0 spiro atoms. The van der Waals surface area contributed by atoms with Gasteiger partial charge in [-0.3, -0.25) is 9.59 Å². The lowest BCUT2D eigenvalue weighted by Gasteiger charge is -2.30. The second-order valence-corrected chi connectivity index (χ2v) is 28.4. The highest BCUT2D eigenvalue weighted by Gasteiger charge is 2.56. The molecule has 360 valence electrons. The lowest BCUT2D eigenvalue weighted by molar-refractivity contribution is 0.103. The molecule has 14 heteroatoms. The van der Waals surface area contributed by atoms with Crippen molar-refractivity contribution in [1.82, 2.24) is 0 Å². The summed E-state index contributed by atoms with van der Waals surface area (Å²) in [5.41, 5.74) is 6.85. The zero-order chi connectivity index (χ0) is 52.1. The third-order valence-electron chi connectivity index (χ3n) is 14.9. The maximum atomic E-state index is 14.3. The van der Waals surface area contributed by atoms with Gasteiger partial charge in [0, 0.05) is 93.3 Å². The number of benzene rings is 2. The number of carbonyl (C=O) groups is 2. The van der Waals surface area contributed by atoms with Gasteiger partial charge < -0.3 is 0 Å². The Hall–Kier alpha value is -7.44. The predicted molar refractivity (Wildman–Crippen MR) is 314 cm³/mol. The van der Waals surface area contributed by atoms with Crippen molar-refractivity contribution in [3.05, 3.63) is 225 Å². The first-order valence-electron chi connectivity index (χ1n) is 23.9. The fraction of sp³-hybridized carbons (Fsp3) is 0.0968. The van der Waals surface area contributed by atoms with E-state index in [-0.39, 0.29) is 22.7 Å². The highest BCUT2D eigenvalue weighted by molar-refractivity contribution is 7.35. The van der Waals surface area contributed by atoms with E-state index in [1.54, 1.807) is 34.8 Å². The largest absolute Gasteiger partial charge is 0.289 e. The summed E-state index contributed by atoms with van der Waals surface area (Å²) in [7, 11) is 0. The van der Waals surface area contributed by atoms with Crippen molar-refractivity contribution in [2.45, 2.75) is 38.5 Å². The summed E-state index contributed by atoms with van der Waals surface area (Å²) in [5, 5.41) is 40.9. The van der Waals surface area contributed by atoms with Crippen LogP contribution in [-0.4, -0.2) is 11.6 Å². The van der Waals surface area contributed by atoms with Crippen LogP contribution in [0.3, 0.4) is 0 Å². The van der Waals surface area contributed by atoms with Crippen molar-refractivity contribution in [1.29, 1.82) is 21.0 Å². The SMILES string of the molecule is Cc1ccc(C2(c3ccc(C)s3)c3cc(C=C4C(=O)c5ccccc5C4=C(C#N)C#N)sc3-c3sc4c5c(sc4c32)-c2sc(C=C3C(=O)c4ccccc4C3=C(C#N)C#N)cc2C5(c2ccc(C)s2)c2ccc(C)s2)s1. The summed E-state index contributed by atoms with van der Waals surface area (Å²) < 4.78 is 2.46. The van der Waals surface area contributed by atoms with Crippen LogP contribution in [0.4, 0.5) is 0 Å². The van der Waals surface area contributed by atoms with Gasteiger partial charge in [0.1, 0.15) is 35.4 Å². The van der Waals surface area contributed by atoms with Crippen LogP contribution in [0.5, 0.6) is 0 Å². The minimum absolute atomic E-state index is 0.0882. The molecular formula is C62H32N4O2S8. The lowest BCUT2D eigenvalue weighted by atomic mass is 9.75. The van der Waals surface area contributed by atoms with Crippen molar-refractivity contribution >= 4 is 135 Å². The van der Waals surface area contributed by atoms with Gasteiger partial charge in [0.05, 0.1) is 39.7 Å². The lowest BCUT2D eigenvalue weighted by Crippen LogP contribution is -2.26. The van der Waals surface area contributed by atoms with Crippen LogP contribution in [0.2, 0.25) is 0 Å². The van der Waals surface area contributed by atoms with Crippen molar-refractivity contribution in [2.75, 3.05) is 0 Å². The summed E-state index contributed by atoms with van der Waals surface area (Å²) in [4.78, 5) is 44.7. The number of fused-ring (bicyclic) bond motifs is 11. The van der Waals surface area contributed by atoms with Gasteiger partial charge in [-0.2, -0.15) is 21.0 Å². The Bertz CT molecular complexity index is 4230. The van der Waals surface area contributed by atoms with Crippen molar-refractivity contribution in [3.8, 4) is 43.8 Å². The van der Waals surface area contributed by atoms with Crippen LogP contribution in [0.15, 0.2) is 131 Å². The van der Waals surface area contributed by atoms with Crippen LogP contribution in [0.1, 0.15) is 103 Å². The van der Waals surface area contributed by atoms with E-state index in [2.05, 4.69) is 113 Å². The van der Waals surface area contributed by atoms with Crippen LogP contribution in [-0.2, 0) is 10.8 Å². The van der Waals surface area contributed by atoms with Crippen LogP contribution in [0.25, 0.3) is 52.2 Å². The zero-order valence-corrected chi connectivity index (χ0v) is 47.0. The molecule has 4 aliphatic rings. The quantitative estimate of drug-likeness (QED) is 0.120. The van der Waals surface area contributed by atoms with E-state index in [4.69, 9.17) is 0 Å². The fourth-order valence-corrected chi connectivity index (χ4v) is 22.1. The number of ketones is 2. The van der Waals surface area contributed by atoms with E-state index in [0.717, 1.165) is 30.6 Å². The molecule has 14 rings (SSSR count). The molecule has 0 amide bonds. The Balaban J connectivity index is 1.06. The number of nitrogens with zero attached hydrogens (tertiary/aromatic N) is 4. The van der Waals surface area contributed by atoms with E-state index < -0.39 is 10.8 Å². The predicted octanol–water partition coefficient (Wildman–Crippen LogP) is 17.5. The van der Waals surface area contributed by atoms with Crippen molar-refractivity contribution in [3.63, 3.8) is 0 Å². The number of aryl methyl sites for hydroxylation is 4. The number of hydrogen-bond donors (Lipinski definition) is 0. The third kappa shape index (κ3) is 6.21. The molecule has 76 heavy (non-hydrogen) atoms. The normalized spacial score (nSPS) is 16.1. The van der Waals surface area contributed by atoms with Gasteiger partial charge in [-0.05, 0) is 123 Å². The number of thiophene rings is 8. The summed E-state index contributed by atoms with van der Waals surface area (Å²) >= 11 is 14.3. The van der Waals surface area contributed by atoms with E-state index in [1.807, 2.05) is 117 Å². The molecule has 0 radical (unpaired) electrons. The third-order valence-corrected chi connectivity index (χ3v) is 24.4. The first kappa shape index (κ1) is 47.0. The second-order valence-electron chi connectivity index (χ2n) is 19.0. The molecule has 4 aliphatic carbocycles. The van der Waals surface area contributed by atoms with Gasteiger partial charge in [-0.1, -0.05) is 48.5 Å². The van der Waals surface area contributed by atoms with E-state index >= 15 is 0 Å². The standard InChI is InChI=1S/C62H32N4O2S8/c1-29-13-17-45(69-29)61(46-18-14-30(2)70-46)43-23-35(21-41-49(33(25-63)26-64)37-9-5-7-11-39(37)53(41)67)73-55(43)57-51(61)59-60(75-57)52-58(76-59)56-44(62(52,47-19-15-31(3)71-47)48-20-16-32(4)72-48)24-36(74-56)22-42-50(34(27-65)28-66)38-10-6-8-12-40(38)54(42)68/h5-24H,1-4H3. The highest BCUT2D eigenvalue weighted by Crippen LogP contribution is 2.71. The molecule has 0 bridgehead atoms. The molecule has 0 saturated carbocycles. The maximum absolute atomic E-state index is 14.3. The van der Waals surface area contributed by atoms with Crippen LogP contribution < -0.4 is 0 Å². The average Bonchev–Trinajstić information content (AvgIpc) is 4.45. The van der Waals surface area contributed by atoms with Gasteiger partial charge in [-0.25, -0.2) is 0 Å². The smallest absolute Gasteiger partial charge is 0.194 e. The van der Waals surface area contributed by atoms with Gasteiger partial charge in [-0.15, -0.1) is 90.7 Å². The summed E-state index contributed by atoms with van der Waals surface area (Å²) in [5.74, 6) is -0.406. The fourth-order valence-electron chi connectivity index (χ4n) is 11.9. The number of nitriles is 4. The van der Waals surface area contributed by atoms with E-state index in [9.17, 15) is 30.6 Å².